The topological polar surface area (TPSA) is 77.6 Å². The van der Waals surface area contributed by atoms with E-state index in [1.54, 1.807) is 21.8 Å². The molecule has 3 aromatic heterocycles. The molecule has 164 valence electrons. The Hall–Kier alpha value is -3.97. The molecule has 0 aliphatic heterocycles. The van der Waals surface area contributed by atoms with Crippen molar-refractivity contribution in [2.45, 2.75) is 13.5 Å². The summed E-state index contributed by atoms with van der Waals surface area (Å²) in [5, 5.41) is 13.2. The van der Waals surface area contributed by atoms with Crippen molar-refractivity contribution in [3.8, 4) is 11.3 Å². The Bertz CT molecular complexity index is 1490. The number of anilines is 1. The molecule has 0 saturated carbocycles. The van der Waals surface area contributed by atoms with E-state index in [-0.39, 0.29) is 5.91 Å². The Kier molecular flexibility index (Phi) is 5.40. The van der Waals surface area contributed by atoms with Crippen LogP contribution in [0.15, 0.2) is 73.2 Å². The van der Waals surface area contributed by atoms with E-state index < -0.39 is 0 Å². The molecule has 2 aromatic carbocycles. The SMILES string of the molecule is Cc1nn(C)cc1-c1cc(C(=O)Nc2cnn(Cc3cccc(Cl)c3)c2)c2ccccc2n1. The van der Waals surface area contributed by atoms with Gasteiger partial charge in [0.05, 0.1) is 40.9 Å². The molecule has 0 fully saturated rings. The van der Waals surface area contributed by atoms with Gasteiger partial charge in [-0.2, -0.15) is 10.2 Å². The number of aryl methyl sites for hydroxylation is 2. The maximum atomic E-state index is 13.3. The quantitative estimate of drug-likeness (QED) is 0.399. The monoisotopic (exact) mass is 456 g/mol. The molecule has 0 atom stereocenters. The summed E-state index contributed by atoms with van der Waals surface area (Å²) in [4.78, 5) is 18.1. The molecule has 0 aliphatic rings. The van der Waals surface area contributed by atoms with Crippen LogP contribution in [0, 0.1) is 6.92 Å². The van der Waals surface area contributed by atoms with Crippen LogP contribution in [0.2, 0.25) is 5.02 Å². The van der Waals surface area contributed by atoms with Crippen LogP contribution in [-0.4, -0.2) is 30.5 Å². The third kappa shape index (κ3) is 4.36. The number of benzene rings is 2. The van der Waals surface area contributed by atoms with E-state index in [0.717, 1.165) is 27.7 Å². The summed E-state index contributed by atoms with van der Waals surface area (Å²) in [6.07, 6.45) is 5.35. The first-order chi connectivity index (χ1) is 16.0. The standard InChI is InChI=1S/C25H21ClN6O/c1-16-22(15-31(2)30-16)24-11-21(20-8-3-4-9-23(20)29-24)25(33)28-19-12-27-32(14-19)13-17-6-5-7-18(26)10-17/h3-12,14-15H,13H2,1-2H3,(H,28,33). The third-order valence-electron chi connectivity index (χ3n) is 5.37. The summed E-state index contributed by atoms with van der Waals surface area (Å²) in [5.74, 6) is -0.223. The minimum absolute atomic E-state index is 0.223. The Balaban J connectivity index is 1.45. The Morgan fingerprint density at radius 3 is 2.73 bits per heavy atom. The van der Waals surface area contributed by atoms with E-state index in [2.05, 4.69) is 15.5 Å². The van der Waals surface area contributed by atoms with Crippen LogP contribution in [0.3, 0.4) is 0 Å². The van der Waals surface area contributed by atoms with Crippen LogP contribution in [0.1, 0.15) is 21.6 Å². The summed E-state index contributed by atoms with van der Waals surface area (Å²) in [7, 11) is 1.87. The number of pyridine rings is 1. The van der Waals surface area contributed by atoms with Crippen molar-refractivity contribution in [2.24, 2.45) is 7.05 Å². The highest BCUT2D eigenvalue weighted by Crippen LogP contribution is 2.27. The van der Waals surface area contributed by atoms with E-state index in [0.29, 0.717) is 28.5 Å². The number of carbonyl (C=O) groups excluding carboxylic acids is 1. The van der Waals surface area contributed by atoms with E-state index >= 15 is 0 Å². The van der Waals surface area contributed by atoms with Gasteiger partial charge in [-0.3, -0.25) is 14.2 Å². The van der Waals surface area contributed by atoms with Crippen LogP contribution < -0.4 is 5.32 Å². The molecular weight excluding hydrogens is 436 g/mol. The zero-order valence-corrected chi connectivity index (χ0v) is 18.9. The van der Waals surface area contributed by atoms with Crippen molar-refractivity contribution in [2.75, 3.05) is 5.32 Å². The fourth-order valence-electron chi connectivity index (χ4n) is 3.89. The highest BCUT2D eigenvalue weighted by molar-refractivity contribution is 6.30. The molecule has 0 spiro atoms. The molecule has 0 radical (unpaired) electrons. The van der Waals surface area contributed by atoms with E-state index in [4.69, 9.17) is 16.6 Å². The van der Waals surface area contributed by atoms with Crippen LogP contribution >= 0.6 is 11.6 Å². The maximum Gasteiger partial charge on any atom is 0.256 e. The zero-order valence-electron chi connectivity index (χ0n) is 18.2. The number of halogens is 1. The Morgan fingerprint density at radius 2 is 1.94 bits per heavy atom. The number of rotatable bonds is 5. The fourth-order valence-corrected chi connectivity index (χ4v) is 4.10. The highest BCUT2D eigenvalue weighted by Gasteiger charge is 2.17. The van der Waals surface area contributed by atoms with Crippen LogP contribution in [0.25, 0.3) is 22.2 Å². The van der Waals surface area contributed by atoms with Crippen molar-refractivity contribution in [3.05, 3.63) is 95.0 Å². The van der Waals surface area contributed by atoms with E-state index in [1.807, 2.05) is 74.8 Å². The summed E-state index contributed by atoms with van der Waals surface area (Å²) in [6, 6.07) is 17.1. The molecule has 0 unspecified atom stereocenters. The van der Waals surface area contributed by atoms with Crippen molar-refractivity contribution >= 4 is 34.1 Å². The van der Waals surface area contributed by atoms with Gasteiger partial charge in [0.15, 0.2) is 0 Å². The van der Waals surface area contributed by atoms with Gasteiger partial charge in [0.25, 0.3) is 5.91 Å². The van der Waals surface area contributed by atoms with Gasteiger partial charge in [0.2, 0.25) is 0 Å². The average Bonchev–Trinajstić information content (AvgIpc) is 3.37. The number of carbonyl (C=O) groups is 1. The van der Waals surface area contributed by atoms with E-state index in [1.165, 1.54) is 0 Å². The molecule has 5 rings (SSSR count). The molecule has 1 amide bonds. The lowest BCUT2D eigenvalue weighted by Gasteiger charge is -2.09. The molecule has 0 saturated heterocycles. The number of nitrogens with zero attached hydrogens (tertiary/aromatic N) is 5. The van der Waals surface area contributed by atoms with Gasteiger partial charge >= 0.3 is 0 Å². The molecule has 0 aliphatic carbocycles. The highest BCUT2D eigenvalue weighted by atomic mass is 35.5. The maximum absolute atomic E-state index is 13.3. The molecule has 0 bridgehead atoms. The zero-order chi connectivity index (χ0) is 22.9. The summed E-state index contributed by atoms with van der Waals surface area (Å²) < 4.78 is 3.51. The number of nitrogens with one attached hydrogen (secondary N) is 1. The van der Waals surface area contributed by atoms with Crippen molar-refractivity contribution in [1.29, 1.82) is 0 Å². The number of amides is 1. The first-order valence-corrected chi connectivity index (χ1v) is 10.8. The van der Waals surface area contributed by atoms with Crippen LogP contribution in [0.5, 0.6) is 0 Å². The lowest BCUT2D eigenvalue weighted by atomic mass is 10.0. The summed E-state index contributed by atoms with van der Waals surface area (Å²) in [5.41, 5.74) is 5.39. The van der Waals surface area contributed by atoms with Gasteiger partial charge < -0.3 is 5.32 Å². The molecule has 3 heterocycles. The molecule has 7 nitrogen and oxygen atoms in total. The average molecular weight is 457 g/mol. The van der Waals surface area contributed by atoms with Crippen LogP contribution in [0.4, 0.5) is 5.69 Å². The molecule has 5 aromatic rings. The number of para-hydroxylation sites is 1. The number of hydrogen-bond donors (Lipinski definition) is 1. The number of aromatic nitrogens is 5. The second kappa shape index (κ2) is 8.52. The normalized spacial score (nSPS) is 11.1. The second-order valence-corrected chi connectivity index (χ2v) is 8.32. The van der Waals surface area contributed by atoms with Gasteiger partial charge in [-0.1, -0.05) is 41.9 Å². The largest absolute Gasteiger partial charge is 0.319 e. The number of fused-ring (bicyclic) bond motifs is 1. The third-order valence-corrected chi connectivity index (χ3v) is 5.61. The molecule has 1 N–H and O–H groups in total. The predicted molar refractivity (Wildman–Crippen MR) is 129 cm³/mol. The van der Waals surface area contributed by atoms with Gasteiger partial charge in [0.1, 0.15) is 0 Å². The van der Waals surface area contributed by atoms with Crippen molar-refractivity contribution < 1.29 is 4.79 Å². The van der Waals surface area contributed by atoms with Gasteiger partial charge in [-0.05, 0) is 36.8 Å². The Labute approximate surface area is 195 Å². The number of hydrogen-bond acceptors (Lipinski definition) is 4. The van der Waals surface area contributed by atoms with Gasteiger partial charge in [0, 0.05) is 35.4 Å². The molecule has 33 heavy (non-hydrogen) atoms. The Morgan fingerprint density at radius 1 is 1.09 bits per heavy atom. The van der Waals surface area contributed by atoms with Crippen molar-refractivity contribution in [3.63, 3.8) is 0 Å². The van der Waals surface area contributed by atoms with Gasteiger partial charge in [-0.15, -0.1) is 0 Å². The summed E-state index contributed by atoms with van der Waals surface area (Å²) >= 11 is 6.07. The molecule has 8 heteroatoms. The molecular formula is C25H21ClN6O. The van der Waals surface area contributed by atoms with Gasteiger partial charge in [-0.25, -0.2) is 4.98 Å². The first kappa shape index (κ1) is 20.9. The first-order valence-electron chi connectivity index (χ1n) is 10.4. The lowest BCUT2D eigenvalue weighted by molar-refractivity contribution is 0.102. The fraction of sp³-hybridized carbons (Fsp3) is 0.120. The smallest absolute Gasteiger partial charge is 0.256 e. The lowest BCUT2D eigenvalue weighted by Crippen LogP contribution is -2.13. The minimum atomic E-state index is -0.223. The second-order valence-electron chi connectivity index (χ2n) is 7.88. The van der Waals surface area contributed by atoms with Crippen molar-refractivity contribution in [1.82, 2.24) is 24.5 Å². The minimum Gasteiger partial charge on any atom is -0.319 e. The predicted octanol–water partition coefficient (Wildman–Crippen LogP) is 5.09. The summed E-state index contributed by atoms with van der Waals surface area (Å²) in [6.45, 7) is 2.49. The van der Waals surface area contributed by atoms with Crippen LogP contribution in [-0.2, 0) is 13.6 Å². The van der Waals surface area contributed by atoms with E-state index in [9.17, 15) is 4.79 Å².